The van der Waals surface area contributed by atoms with Gasteiger partial charge in [0.05, 0.1) is 17.8 Å². The Kier molecular flexibility index (Phi) is 4.41. The van der Waals surface area contributed by atoms with Gasteiger partial charge in [0.1, 0.15) is 17.0 Å². The van der Waals surface area contributed by atoms with Crippen molar-refractivity contribution in [3.05, 3.63) is 75.9 Å². The Balaban J connectivity index is 1.77. The fourth-order valence-corrected chi connectivity index (χ4v) is 4.77. The maximum atomic E-state index is 13.9. The summed E-state index contributed by atoms with van der Waals surface area (Å²) < 4.78 is 11.9. The lowest BCUT2D eigenvalue weighted by Crippen LogP contribution is -2.49. The second-order valence-corrected chi connectivity index (χ2v) is 8.45. The van der Waals surface area contributed by atoms with E-state index in [9.17, 15) is 9.59 Å². The van der Waals surface area contributed by atoms with E-state index in [1.54, 1.807) is 18.2 Å². The molecule has 2 aliphatic rings. The van der Waals surface area contributed by atoms with Crippen molar-refractivity contribution in [3.8, 4) is 22.8 Å². The SMILES string of the molecule is COc1cc(C)c(Cl)c2c1C(=O)C1(O2)c2nc(-c3ccccc3)ccc2C(=O)CC1C. The van der Waals surface area contributed by atoms with E-state index in [0.717, 1.165) is 11.1 Å². The number of aryl methyl sites for hydroxylation is 1. The lowest BCUT2D eigenvalue weighted by molar-refractivity contribution is 0.0194. The Labute approximate surface area is 185 Å². The number of Topliss-reactive ketones (excluding diaryl/α,β-unsaturated/α-hetero) is 2. The molecule has 0 fully saturated rings. The van der Waals surface area contributed by atoms with Gasteiger partial charge < -0.3 is 9.47 Å². The summed E-state index contributed by atoms with van der Waals surface area (Å²) in [6.45, 7) is 3.67. The number of methoxy groups -OCH3 is 1. The van der Waals surface area contributed by atoms with Crippen molar-refractivity contribution in [1.82, 2.24) is 4.98 Å². The summed E-state index contributed by atoms with van der Waals surface area (Å²) in [4.78, 5) is 31.6. The van der Waals surface area contributed by atoms with E-state index in [4.69, 9.17) is 26.1 Å². The van der Waals surface area contributed by atoms with Gasteiger partial charge in [-0.05, 0) is 30.7 Å². The van der Waals surface area contributed by atoms with Crippen molar-refractivity contribution in [2.45, 2.75) is 25.9 Å². The fourth-order valence-electron chi connectivity index (χ4n) is 4.58. The first-order chi connectivity index (χ1) is 14.9. The zero-order valence-corrected chi connectivity index (χ0v) is 18.1. The average molecular weight is 434 g/mol. The van der Waals surface area contributed by atoms with Crippen LogP contribution in [0.2, 0.25) is 5.02 Å². The number of rotatable bonds is 2. The lowest BCUT2D eigenvalue weighted by Gasteiger charge is -2.37. The fraction of sp³-hybridized carbons (Fsp3) is 0.240. The molecule has 3 aromatic rings. The molecular weight excluding hydrogens is 414 g/mol. The number of benzene rings is 2. The number of hydrogen-bond acceptors (Lipinski definition) is 5. The van der Waals surface area contributed by atoms with E-state index in [1.165, 1.54) is 7.11 Å². The van der Waals surface area contributed by atoms with Gasteiger partial charge in [-0.3, -0.25) is 9.59 Å². The summed E-state index contributed by atoms with van der Waals surface area (Å²) >= 11 is 6.55. The van der Waals surface area contributed by atoms with Crippen molar-refractivity contribution in [2.24, 2.45) is 5.92 Å². The van der Waals surface area contributed by atoms with Crippen LogP contribution < -0.4 is 9.47 Å². The molecule has 0 N–H and O–H groups in total. The third kappa shape index (κ3) is 2.66. The third-order valence-corrected chi connectivity index (χ3v) is 6.69. The predicted octanol–water partition coefficient (Wildman–Crippen LogP) is 5.41. The van der Waals surface area contributed by atoms with Crippen molar-refractivity contribution in [1.29, 1.82) is 0 Å². The first kappa shape index (κ1) is 19.8. The molecule has 1 spiro atoms. The van der Waals surface area contributed by atoms with Gasteiger partial charge >= 0.3 is 0 Å². The third-order valence-electron chi connectivity index (χ3n) is 6.22. The molecule has 5 rings (SSSR count). The molecule has 0 amide bonds. The van der Waals surface area contributed by atoms with Crippen LogP contribution in [0.25, 0.3) is 11.3 Å². The number of carbonyl (C=O) groups excluding carboxylic acids is 2. The maximum Gasteiger partial charge on any atom is 0.220 e. The summed E-state index contributed by atoms with van der Waals surface area (Å²) in [5.41, 5.74) is 1.93. The Hall–Kier alpha value is -3.18. The van der Waals surface area contributed by atoms with Crippen LogP contribution in [-0.4, -0.2) is 23.7 Å². The number of ether oxygens (including phenoxy) is 2. The molecule has 2 unspecified atom stereocenters. The number of nitrogens with zero attached hydrogens (tertiary/aromatic N) is 1. The van der Waals surface area contributed by atoms with Gasteiger partial charge in [-0.1, -0.05) is 48.9 Å². The highest BCUT2D eigenvalue weighted by Crippen LogP contribution is 2.55. The minimum atomic E-state index is -1.43. The van der Waals surface area contributed by atoms with Crippen molar-refractivity contribution >= 4 is 23.2 Å². The number of fused-ring (bicyclic) bond motifs is 3. The van der Waals surface area contributed by atoms with Gasteiger partial charge in [0.25, 0.3) is 0 Å². The molecule has 31 heavy (non-hydrogen) atoms. The topological polar surface area (TPSA) is 65.5 Å². The van der Waals surface area contributed by atoms with Crippen LogP contribution in [0, 0.1) is 12.8 Å². The normalized spacial score (nSPS) is 21.6. The van der Waals surface area contributed by atoms with Gasteiger partial charge in [-0.15, -0.1) is 0 Å². The molecule has 2 aromatic carbocycles. The summed E-state index contributed by atoms with van der Waals surface area (Å²) in [7, 11) is 1.51. The van der Waals surface area contributed by atoms with Crippen LogP contribution in [0.1, 0.15) is 45.3 Å². The molecule has 6 heteroatoms. The first-order valence-corrected chi connectivity index (χ1v) is 10.5. The highest BCUT2D eigenvalue weighted by Gasteiger charge is 2.60. The summed E-state index contributed by atoms with van der Waals surface area (Å²) in [6.07, 6.45) is 0.179. The molecule has 1 aromatic heterocycles. The van der Waals surface area contributed by atoms with E-state index in [0.29, 0.717) is 39.0 Å². The molecule has 0 saturated heterocycles. The number of pyridine rings is 1. The number of aromatic nitrogens is 1. The number of carbonyl (C=O) groups is 2. The summed E-state index contributed by atoms with van der Waals surface area (Å²) in [5.74, 6) is -0.0553. The highest BCUT2D eigenvalue weighted by atomic mass is 35.5. The Morgan fingerprint density at radius 2 is 1.90 bits per heavy atom. The van der Waals surface area contributed by atoms with Crippen LogP contribution in [0.5, 0.6) is 11.5 Å². The van der Waals surface area contributed by atoms with Gasteiger partial charge in [-0.2, -0.15) is 0 Å². The molecule has 1 aliphatic carbocycles. The highest BCUT2D eigenvalue weighted by molar-refractivity contribution is 6.34. The first-order valence-electron chi connectivity index (χ1n) is 10.1. The lowest BCUT2D eigenvalue weighted by atomic mass is 9.71. The standard InChI is InChI=1S/C25H20ClNO4/c1-13-11-19(30-3)20-22(21(13)26)31-25(24(20)29)14(2)12-18(28)16-9-10-17(27-23(16)25)15-7-5-4-6-8-15/h4-11,14H,12H2,1-3H3. The smallest absolute Gasteiger partial charge is 0.220 e. The second kappa shape index (κ2) is 6.92. The predicted molar refractivity (Wildman–Crippen MR) is 117 cm³/mol. The van der Waals surface area contributed by atoms with Crippen LogP contribution >= 0.6 is 11.6 Å². The van der Waals surface area contributed by atoms with E-state index >= 15 is 0 Å². The zero-order valence-electron chi connectivity index (χ0n) is 17.4. The quantitative estimate of drug-likeness (QED) is 0.540. The molecule has 0 radical (unpaired) electrons. The Morgan fingerprint density at radius 1 is 1.16 bits per heavy atom. The number of halogens is 1. The van der Waals surface area contributed by atoms with E-state index in [1.807, 2.05) is 44.2 Å². The summed E-state index contributed by atoms with van der Waals surface area (Å²) in [5, 5.41) is 0.367. The van der Waals surface area contributed by atoms with Gasteiger partial charge in [0.15, 0.2) is 11.5 Å². The molecule has 5 nitrogen and oxygen atoms in total. The largest absolute Gasteiger partial charge is 0.496 e. The number of ketones is 2. The summed E-state index contributed by atoms with van der Waals surface area (Å²) in [6, 6.07) is 14.9. The number of hydrogen-bond donors (Lipinski definition) is 0. The van der Waals surface area contributed by atoms with Crippen molar-refractivity contribution < 1.29 is 19.1 Å². The van der Waals surface area contributed by atoms with Crippen LogP contribution in [0.3, 0.4) is 0 Å². The minimum absolute atomic E-state index is 0.0539. The van der Waals surface area contributed by atoms with E-state index in [2.05, 4.69) is 0 Å². The van der Waals surface area contributed by atoms with E-state index < -0.39 is 11.5 Å². The van der Waals surface area contributed by atoms with Crippen molar-refractivity contribution in [3.63, 3.8) is 0 Å². The molecule has 0 bridgehead atoms. The Bertz CT molecular complexity index is 1250. The second-order valence-electron chi connectivity index (χ2n) is 8.07. The van der Waals surface area contributed by atoms with Crippen LogP contribution in [0.15, 0.2) is 48.5 Å². The van der Waals surface area contributed by atoms with Crippen molar-refractivity contribution in [2.75, 3.05) is 7.11 Å². The molecule has 156 valence electrons. The maximum absolute atomic E-state index is 13.9. The van der Waals surface area contributed by atoms with Gasteiger partial charge in [-0.25, -0.2) is 4.98 Å². The molecule has 0 saturated carbocycles. The van der Waals surface area contributed by atoms with Gasteiger partial charge in [0, 0.05) is 23.5 Å². The average Bonchev–Trinajstić information content (AvgIpc) is 3.09. The Morgan fingerprint density at radius 3 is 2.61 bits per heavy atom. The molecule has 2 heterocycles. The van der Waals surface area contributed by atoms with E-state index in [-0.39, 0.29) is 18.0 Å². The van der Waals surface area contributed by atoms with Crippen LogP contribution in [0.4, 0.5) is 0 Å². The zero-order chi connectivity index (χ0) is 21.9. The van der Waals surface area contributed by atoms with Gasteiger partial charge in [0.2, 0.25) is 11.4 Å². The molecular formula is C25H20ClNO4. The minimum Gasteiger partial charge on any atom is -0.496 e. The monoisotopic (exact) mass is 433 g/mol. The van der Waals surface area contributed by atoms with Crippen LogP contribution in [-0.2, 0) is 5.60 Å². The molecule has 2 atom stereocenters. The molecule has 1 aliphatic heterocycles.